The van der Waals surface area contributed by atoms with Gasteiger partial charge in [0.25, 0.3) is 0 Å². The Bertz CT molecular complexity index is 1290. The minimum atomic E-state index is -0.645. The molecule has 0 radical (unpaired) electrons. The summed E-state index contributed by atoms with van der Waals surface area (Å²) in [5.74, 6) is 0.308. The van der Waals surface area contributed by atoms with Crippen LogP contribution in [0.25, 0.3) is 10.9 Å². The van der Waals surface area contributed by atoms with E-state index < -0.39 is 12.1 Å². The number of ether oxygens (including phenoxy) is 2. The second-order valence-corrected chi connectivity index (χ2v) is 9.43. The molecule has 1 unspecified atom stereocenters. The van der Waals surface area contributed by atoms with E-state index in [0.29, 0.717) is 34.8 Å². The van der Waals surface area contributed by atoms with E-state index in [2.05, 4.69) is 17.4 Å². The number of rotatable bonds is 9. The fourth-order valence-electron chi connectivity index (χ4n) is 5.25. The number of hydrogen-bond acceptors (Lipinski definition) is 5. The van der Waals surface area contributed by atoms with Gasteiger partial charge in [0.2, 0.25) is 5.91 Å². The Balaban J connectivity index is 1.92. The Kier molecular flexibility index (Phi) is 7.77. The van der Waals surface area contributed by atoms with Crippen molar-refractivity contribution in [1.82, 2.24) is 9.88 Å². The summed E-state index contributed by atoms with van der Waals surface area (Å²) in [7, 11) is 2.85. The molecule has 1 fully saturated rings. The number of carbonyl (C=O) groups is 3. The fourth-order valence-corrected chi connectivity index (χ4v) is 5.25. The molecule has 1 N–H and O–H groups in total. The summed E-state index contributed by atoms with van der Waals surface area (Å²) in [5, 5.41) is 3.90. The van der Waals surface area contributed by atoms with Gasteiger partial charge in [-0.15, -0.1) is 0 Å². The largest absolute Gasteiger partial charge is 0.496 e. The first-order chi connectivity index (χ1) is 17.4. The van der Waals surface area contributed by atoms with Crippen LogP contribution >= 0.6 is 0 Å². The van der Waals surface area contributed by atoms with Crippen LogP contribution in [0.3, 0.4) is 0 Å². The number of hydrogen-bond donors (Lipinski definition) is 1. The zero-order chi connectivity index (χ0) is 25.8. The maximum atomic E-state index is 13.1. The lowest BCUT2D eigenvalue weighted by Gasteiger charge is -2.24. The van der Waals surface area contributed by atoms with Gasteiger partial charge in [0.15, 0.2) is 5.78 Å². The molecule has 7 nitrogen and oxygen atoms in total. The second-order valence-electron chi connectivity index (χ2n) is 9.43. The van der Waals surface area contributed by atoms with Crippen LogP contribution < -0.4 is 10.1 Å². The van der Waals surface area contributed by atoms with Crippen LogP contribution in [-0.2, 0) is 9.53 Å². The molecule has 1 heterocycles. The number of methoxy groups -OCH3 is 2. The van der Waals surface area contributed by atoms with Crippen molar-refractivity contribution < 1.29 is 23.9 Å². The molecule has 1 atom stereocenters. The van der Waals surface area contributed by atoms with Gasteiger partial charge in [-0.3, -0.25) is 9.59 Å². The zero-order valence-electron chi connectivity index (χ0n) is 21.4. The number of amides is 1. The monoisotopic (exact) mass is 490 g/mol. The van der Waals surface area contributed by atoms with E-state index >= 15 is 0 Å². The number of nitrogens with zero attached hydrogens (tertiary/aromatic N) is 1. The predicted molar refractivity (Wildman–Crippen MR) is 139 cm³/mol. The van der Waals surface area contributed by atoms with Crippen molar-refractivity contribution in [2.75, 3.05) is 14.2 Å². The van der Waals surface area contributed by atoms with Crippen LogP contribution in [0, 0.1) is 0 Å². The smallest absolute Gasteiger partial charge is 0.337 e. The van der Waals surface area contributed by atoms with Crippen LogP contribution in [0.5, 0.6) is 5.75 Å². The minimum absolute atomic E-state index is 0.0736. The highest BCUT2D eigenvalue weighted by atomic mass is 16.5. The van der Waals surface area contributed by atoms with Crippen LogP contribution in [0.15, 0.2) is 42.6 Å². The first-order valence-electron chi connectivity index (χ1n) is 12.6. The molecule has 1 aromatic heterocycles. The van der Waals surface area contributed by atoms with Gasteiger partial charge >= 0.3 is 5.97 Å². The van der Waals surface area contributed by atoms with Crippen molar-refractivity contribution in [1.29, 1.82) is 0 Å². The Morgan fingerprint density at radius 2 is 1.83 bits per heavy atom. The summed E-state index contributed by atoms with van der Waals surface area (Å²) in [6, 6.07) is 11.4. The first-order valence-corrected chi connectivity index (χ1v) is 12.6. The zero-order valence-corrected chi connectivity index (χ0v) is 21.4. The van der Waals surface area contributed by atoms with Gasteiger partial charge in [0.05, 0.1) is 25.3 Å². The van der Waals surface area contributed by atoms with Crippen LogP contribution in [0.4, 0.5) is 0 Å². The highest BCUT2D eigenvalue weighted by Gasteiger charge is 2.26. The highest BCUT2D eigenvalue weighted by molar-refractivity contribution is 6.08. The minimum Gasteiger partial charge on any atom is -0.496 e. The van der Waals surface area contributed by atoms with Gasteiger partial charge in [0, 0.05) is 36.1 Å². The number of ketones is 1. The molecule has 7 heteroatoms. The molecule has 4 rings (SSSR count). The number of esters is 1. The lowest BCUT2D eigenvalue weighted by Crippen LogP contribution is -2.31. The van der Waals surface area contributed by atoms with E-state index in [1.54, 1.807) is 18.2 Å². The number of carbonyl (C=O) groups excluding carboxylic acids is 3. The topological polar surface area (TPSA) is 86.6 Å². The summed E-state index contributed by atoms with van der Waals surface area (Å²) in [6.45, 7) is 3.45. The maximum Gasteiger partial charge on any atom is 0.337 e. The molecule has 3 aromatic rings. The quantitative estimate of drug-likeness (QED) is 0.304. The van der Waals surface area contributed by atoms with Gasteiger partial charge in [-0.25, -0.2) is 4.79 Å². The third-order valence-electron chi connectivity index (χ3n) is 7.03. The Hall–Kier alpha value is -3.61. The summed E-state index contributed by atoms with van der Waals surface area (Å²) in [6.07, 6.45) is 7.17. The van der Waals surface area contributed by atoms with Gasteiger partial charge in [-0.05, 0) is 48.9 Å². The van der Waals surface area contributed by atoms with Crippen molar-refractivity contribution in [3.05, 3.63) is 64.8 Å². The Morgan fingerprint density at radius 3 is 2.47 bits per heavy atom. The maximum absolute atomic E-state index is 13.1. The van der Waals surface area contributed by atoms with Crippen LogP contribution in [0.1, 0.15) is 96.3 Å². The molecule has 2 aromatic carbocycles. The summed E-state index contributed by atoms with van der Waals surface area (Å²) < 4.78 is 12.4. The lowest BCUT2D eigenvalue weighted by atomic mass is 9.95. The van der Waals surface area contributed by atoms with E-state index in [1.807, 2.05) is 23.8 Å². The third kappa shape index (κ3) is 5.01. The number of fused-ring (bicyclic) bond motifs is 1. The summed E-state index contributed by atoms with van der Waals surface area (Å²) >= 11 is 0. The van der Waals surface area contributed by atoms with Crippen molar-refractivity contribution in [3.8, 4) is 5.75 Å². The van der Waals surface area contributed by atoms with Crippen LogP contribution in [-0.4, -0.2) is 36.4 Å². The molecule has 1 aliphatic rings. The number of nitrogens with one attached hydrogen (secondary N) is 1. The molecule has 1 amide bonds. The molecule has 0 aliphatic heterocycles. The highest BCUT2D eigenvalue weighted by Crippen LogP contribution is 2.38. The molecular formula is C29H34N2O5. The second kappa shape index (κ2) is 11.0. The van der Waals surface area contributed by atoms with Gasteiger partial charge < -0.3 is 19.4 Å². The average molecular weight is 491 g/mol. The Labute approximate surface area is 211 Å². The molecule has 0 saturated heterocycles. The normalized spacial score (nSPS) is 14.6. The van der Waals surface area contributed by atoms with Crippen LogP contribution in [0.2, 0.25) is 0 Å². The van der Waals surface area contributed by atoms with E-state index in [4.69, 9.17) is 9.47 Å². The van der Waals surface area contributed by atoms with Gasteiger partial charge in [-0.1, -0.05) is 38.0 Å². The molecule has 1 aliphatic carbocycles. The van der Waals surface area contributed by atoms with Crippen molar-refractivity contribution in [3.63, 3.8) is 0 Å². The van der Waals surface area contributed by atoms with Gasteiger partial charge in [0.1, 0.15) is 11.9 Å². The van der Waals surface area contributed by atoms with Gasteiger partial charge in [-0.2, -0.15) is 0 Å². The average Bonchev–Trinajstić information content (AvgIpc) is 3.55. The fraction of sp³-hybridized carbons (Fsp3) is 0.414. The summed E-state index contributed by atoms with van der Waals surface area (Å²) in [5.41, 5.74) is 3.79. The molecular weight excluding hydrogens is 456 g/mol. The summed E-state index contributed by atoms with van der Waals surface area (Å²) in [4.78, 5) is 37.6. The predicted octanol–water partition coefficient (Wildman–Crippen LogP) is 5.76. The number of Topliss-reactive ketones (excluding diaryl/α,β-unsaturated/α-hetero) is 1. The van der Waals surface area contributed by atoms with E-state index in [-0.39, 0.29) is 11.7 Å². The molecule has 0 bridgehead atoms. The molecule has 0 spiro atoms. The molecule has 1 saturated carbocycles. The van der Waals surface area contributed by atoms with Crippen molar-refractivity contribution in [2.24, 2.45) is 0 Å². The molecule has 36 heavy (non-hydrogen) atoms. The molecule has 190 valence electrons. The van der Waals surface area contributed by atoms with Crippen molar-refractivity contribution >= 4 is 28.6 Å². The standard InChI is InChI=1S/C29H34N2O5/c1-5-8-26(33)24-17-31(25-15-20(11-13-22(24)25)19-9-6-7-10-19)28(30-18(2)32)23-14-12-21(29(34)36-4)16-27(23)35-3/h11-17,19,28H,5-10H2,1-4H3,(H,30,32). The SMILES string of the molecule is CCCC(=O)c1cn(C(NC(C)=O)c2ccc(C(=O)OC)cc2OC)c2cc(C3CCCC3)ccc12. The Morgan fingerprint density at radius 1 is 1.08 bits per heavy atom. The van der Waals surface area contributed by atoms with Crippen molar-refractivity contribution in [2.45, 2.75) is 64.5 Å². The van der Waals surface area contributed by atoms with E-state index in [9.17, 15) is 14.4 Å². The lowest BCUT2D eigenvalue weighted by molar-refractivity contribution is -0.119. The number of aromatic nitrogens is 1. The number of benzene rings is 2. The van der Waals surface area contributed by atoms with E-state index in [0.717, 1.165) is 30.2 Å². The first kappa shape index (κ1) is 25.5. The third-order valence-corrected chi connectivity index (χ3v) is 7.03. The van der Waals surface area contributed by atoms with E-state index in [1.165, 1.54) is 39.5 Å².